The van der Waals surface area contributed by atoms with Crippen LogP contribution in [0.2, 0.25) is 5.02 Å². The van der Waals surface area contributed by atoms with E-state index < -0.39 is 0 Å². The highest BCUT2D eigenvalue weighted by atomic mass is 35.5. The van der Waals surface area contributed by atoms with Gasteiger partial charge in [0, 0.05) is 16.7 Å². The summed E-state index contributed by atoms with van der Waals surface area (Å²) >= 11 is 8.15. The minimum Gasteiger partial charge on any atom is -0.322 e. The molecule has 20 heavy (non-hydrogen) atoms. The molecule has 0 saturated heterocycles. The van der Waals surface area contributed by atoms with E-state index in [4.69, 9.17) is 17.3 Å². The molecule has 0 bridgehead atoms. The van der Waals surface area contributed by atoms with Gasteiger partial charge in [-0.15, -0.1) is 11.8 Å². The number of hydrogen-bond donors (Lipinski definition) is 1. The predicted molar refractivity (Wildman–Crippen MR) is 84.2 cm³/mol. The lowest BCUT2D eigenvalue weighted by atomic mass is 10.0. The summed E-state index contributed by atoms with van der Waals surface area (Å²) in [6.45, 7) is 2.99. The van der Waals surface area contributed by atoms with Gasteiger partial charge in [0.2, 0.25) is 0 Å². The van der Waals surface area contributed by atoms with E-state index in [1.54, 1.807) is 6.20 Å². The number of rotatable bonds is 4. The first-order valence-electron chi connectivity index (χ1n) is 6.92. The van der Waals surface area contributed by atoms with E-state index in [9.17, 15) is 0 Å². The Balaban J connectivity index is 1.84. The summed E-state index contributed by atoms with van der Waals surface area (Å²) in [7, 11) is 0. The van der Waals surface area contributed by atoms with Crippen LogP contribution in [-0.2, 0) is 13.0 Å². The fourth-order valence-electron chi connectivity index (χ4n) is 2.68. The molecular formula is C15H18ClN3S. The van der Waals surface area contributed by atoms with Gasteiger partial charge in [0.05, 0.1) is 23.0 Å². The monoisotopic (exact) mass is 307 g/mol. The number of fused-ring (bicyclic) bond motifs is 1. The number of thioether (sulfide) groups is 1. The van der Waals surface area contributed by atoms with Gasteiger partial charge in [0.25, 0.3) is 0 Å². The maximum atomic E-state index is 6.49. The maximum absolute atomic E-state index is 6.49. The van der Waals surface area contributed by atoms with Crippen molar-refractivity contribution < 1.29 is 0 Å². The molecule has 106 valence electrons. The zero-order chi connectivity index (χ0) is 14.1. The average Bonchev–Trinajstić information content (AvgIpc) is 3.02. The van der Waals surface area contributed by atoms with Gasteiger partial charge in [-0.05, 0) is 24.5 Å². The number of aryl methyl sites for hydroxylation is 1. The van der Waals surface area contributed by atoms with Crippen molar-refractivity contribution >= 4 is 23.4 Å². The first-order chi connectivity index (χ1) is 9.70. The van der Waals surface area contributed by atoms with Crippen molar-refractivity contribution in [3.05, 3.63) is 46.7 Å². The molecule has 5 heteroatoms. The summed E-state index contributed by atoms with van der Waals surface area (Å²) in [5.74, 6) is 0. The van der Waals surface area contributed by atoms with Crippen LogP contribution in [0, 0.1) is 0 Å². The van der Waals surface area contributed by atoms with Crippen LogP contribution >= 0.6 is 23.4 Å². The van der Waals surface area contributed by atoms with Crippen LogP contribution in [0.25, 0.3) is 0 Å². The highest BCUT2D eigenvalue weighted by Gasteiger charge is 2.31. The first-order valence-corrected chi connectivity index (χ1v) is 8.17. The van der Waals surface area contributed by atoms with Crippen LogP contribution in [0.15, 0.2) is 35.4 Å². The van der Waals surface area contributed by atoms with Gasteiger partial charge < -0.3 is 5.73 Å². The average molecular weight is 308 g/mol. The fraction of sp³-hybridized carbons (Fsp3) is 0.400. The van der Waals surface area contributed by atoms with Crippen LogP contribution in [-0.4, -0.2) is 15.0 Å². The number of benzene rings is 1. The predicted octanol–water partition coefficient (Wildman–Crippen LogP) is 3.66. The Morgan fingerprint density at radius 1 is 1.50 bits per heavy atom. The molecule has 0 amide bonds. The highest BCUT2D eigenvalue weighted by molar-refractivity contribution is 8.00. The van der Waals surface area contributed by atoms with Crippen molar-refractivity contribution in [2.24, 2.45) is 5.73 Å². The molecule has 0 aliphatic carbocycles. The molecule has 0 radical (unpaired) electrons. The topological polar surface area (TPSA) is 43.8 Å². The van der Waals surface area contributed by atoms with E-state index >= 15 is 0 Å². The van der Waals surface area contributed by atoms with Gasteiger partial charge in [-0.2, -0.15) is 5.10 Å². The van der Waals surface area contributed by atoms with E-state index in [0.29, 0.717) is 10.3 Å². The molecule has 2 N–H and O–H groups in total. The number of hydrogen-bond acceptors (Lipinski definition) is 3. The van der Waals surface area contributed by atoms with E-state index in [0.717, 1.165) is 25.1 Å². The number of halogens is 1. The van der Waals surface area contributed by atoms with Crippen LogP contribution in [0.1, 0.15) is 30.6 Å². The Labute approximate surface area is 128 Å². The van der Waals surface area contributed by atoms with Crippen LogP contribution < -0.4 is 5.73 Å². The summed E-state index contributed by atoms with van der Waals surface area (Å²) in [4.78, 5) is 1.34. The minimum absolute atomic E-state index is 0.0889. The summed E-state index contributed by atoms with van der Waals surface area (Å²) in [5, 5.41) is 5.36. The Hall–Kier alpha value is -0.970. The first kappa shape index (κ1) is 14.0. The standard InChI is InChI=1S/C15H18ClN3S/c1-2-7-19-15(11(16)9-18-19)14(17)13-8-10-5-3-4-6-12(10)20-13/h3-6,9,13-14H,2,7-8,17H2,1H3. The van der Waals surface area contributed by atoms with E-state index in [-0.39, 0.29) is 6.04 Å². The van der Waals surface area contributed by atoms with Gasteiger partial charge >= 0.3 is 0 Å². The lowest BCUT2D eigenvalue weighted by Crippen LogP contribution is -2.26. The smallest absolute Gasteiger partial charge is 0.0834 e. The molecule has 1 aliphatic heterocycles. The quantitative estimate of drug-likeness (QED) is 0.937. The molecule has 0 fully saturated rings. The lowest BCUT2D eigenvalue weighted by Gasteiger charge is -2.20. The number of aromatic nitrogens is 2. The van der Waals surface area contributed by atoms with Gasteiger partial charge in [0.15, 0.2) is 0 Å². The molecule has 3 nitrogen and oxygen atoms in total. The molecule has 3 rings (SSSR count). The van der Waals surface area contributed by atoms with Crippen molar-refractivity contribution in [1.29, 1.82) is 0 Å². The van der Waals surface area contributed by atoms with E-state index in [1.165, 1.54) is 10.5 Å². The van der Waals surface area contributed by atoms with Crippen LogP contribution in [0.5, 0.6) is 0 Å². The van der Waals surface area contributed by atoms with Crippen molar-refractivity contribution in [3.63, 3.8) is 0 Å². The third kappa shape index (κ3) is 2.48. The fourth-order valence-corrected chi connectivity index (χ4v) is 4.27. The largest absolute Gasteiger partial charge is 0.322 e. The zero-order valence-electron chi connectivity index (χ0n) is 11.4. The Kier molecular flexibility index (Phi) is 4.06. The second-order valence-corrected chi connectivity index (χ2v) is 6.78. The van der Waals surface area contributed by atoms with Crippen molar-refractivity contribution in [2.75, 3.05) is 0 Å². The summed E-state index contributed by atoms with van der Waals surface area (Å²) < 4.78 is 1.95. The maximum Gasteiger partial charge on any atom is 0.0834 e. The number of nitrogens with zero attached hydrogens (tertiary/aromatic N) is 2. The van der Waals surface area contributed by atoms with Crippen molar-refractivity contribution in [3.8, 4) is 0 Å². The lowest BCUT2D eigenvalue weighted by molar-refractivity contribution is 0.531. The Bertz CT molecular complexity index is 586. The summed E-state index contributed by atoms with van der Waals surface area (Å²) in [5.41, 5.74) is 8.85. The molecule has 0 saturated carbocycles. The van der Waals surface area contributed by atoms with Gasteiger partial charge in [-0.1, -0.05) is 36.7 Å². The minimum atomic E-state index is -0.0889. The summed E-state index contributed by atoms with van der Waals surface area (Å²) in [6, 6.07) is 8.42. The molecule has 0 spiro atoms. The van der Waals surface area contributed by atoms with E-state index in [1.807, 2.05) is 16.4 Å². The highest BCUT2D eigenvalue weighted by Crippen LogP contribution is 2.42. The van der Waals surface area contributed by atoms with Gasteiger partial charge in [-0.25, -0.2) is 0 Å². The van der Waals surface area contributed by atoms with Gasteiger partial charge in [-0.3, -0.25) is 4.68 Å². The molecular weight excluding hydrogens is 290 g/mol. The molecule has 1 aromatic heterocycles. The van der Waals surface area contributed by atoms with Crippen molar-refractivity contribution in [2.45, 2.75) is 42.5 Å². The molecule has 2 aromatic rings. The molecule has 2 atom stereocenters. The van der Waals surface area contributed by atoms with Gasteiger partial charge in [0.1, 0.15) is 0 Å². The normalized spacial score (nSPS) is 19.1. The number of nitrogens with two attached hydrogens (primary N) is 1. The SMILES string of the molecule is CCCn1ncc(Cl)c1C(N)C1Cc2ccccc2S1. The Morgan fingerprint density at radius 3 is 3.05 bits per heavy atom. The third-order valence-electron chi connectivity index (χ3n) is 3.66. The molecule has 1 aromatic carbocycles. The van der Waals surface area contributed by atoms with Crippen LogP contribution in [0.3, 0.4) is 0 Å². The second-order valence-electron chi connectivity index (χ2n) is 5.09. The molecule has 1 aliphatic rings. The van der Waals surface area contributed by atoms with E-state index in [2.05, 4.69) is 36.3 Å². The molecule has 2 heterocycles. The van der Waals surface area contributed by atoms with Crippen molar-refractivity contribution in [1.82, 2.24) is 9.78 Å². The Morgan fingerprint density at radius 2 is 2.30 bits per heavy atom. The zero-order valence-corrected chi connectivity index (χ0v) is 13.0. The summed E-state index contributed by atoms with van der Waals surface area (Å²) in [6.07, 6.45) is 3.73. The third-order valence-corrected chi connectivity index (χ3v) is 5.36. The van der Waals surface area contributed by atoms with Crippen LogP contribution in [0.4, 0.5) is 0 Å². The second kappa shape index (κ2) is 5.80. The molecule has 2 unspecified atom stereocenters.